The summed E-state index contributed by atoms with van der Waals surface area (Å²) in [4.78, 5) is 12.0. The van der Waals surface area contributed by atoms with E-state index in [-0.39, 0.29) is 12.5 Å². The van der Waals surface area contributed by atoms with Crippen LogP contribution in [0.2, 0.25) is 0 Å². The van der Waals surface area contributed by atoms with Crippen LogP contribution in [0.1, 0.15) is 0 Å². The van der Waals surface area contributed by atoms with Gasteiger partial charge >= 0.3 is 0 Å². The number of rotatable bonds is 4. The Morgan fingerprint density at radius 3 is 2.74 bits per heavy atom. The highest BCUT2D eigenvalue weighted by Gasteiger charge is 2.10. The van der Waals surface area contributed by atoms with Crippen molar-refractivity contribution in [2.45, 2.75) is 6.54 Å². The highest BCUT2D eigenvalue weighted by Crippen LogP contribution is 2.19. The lowest BCUT2D eigenvalue weighted by Crippen LogP contribution is -2.20. The summed E-state index contributed by atoms with van der Waals surface area (Å²) in [5.74, 6) is -1.55. The van der Waals surface area contributed by atoms with E-state index in [9.17, 15) is 13.6 Å². The van der Waals surface area contributed by atoms with Crippen molar-refractivity contribution in [1.29, 1.82) is 0 Å². The number of benzene rings is 1. The average Bonchev–Trinajstić information content (AvgIpc) is 3.12. The molecule has 3 aromatic rings. The molecule has 2 aromatic heterocycles. The zero-order valence-corrected chi connectivity index (χ0v) is 12.2. The molecule has 2 heterocycles. The molecular weight excluding hydrogens is 304 g/mol. The average molecular weight is 317 g/mol. The monoisotopic (exact) mass is 317 g/mol. The molecule has 0 atom stereocenters. The zero-order chi connectivity index (χ0) is 16.4. The van der Waals surface area contributed by atoms with E-state index in [0.717, 1.165) is 12.1 Å². The van der Waals surface area contributed by atoms with Crippen LogP contribution in [0.3, 0.4) is 0 Å². The van der Waals surface area contributed by atoms with E-state index in [0.29, 0.717) is 17.1 Å². The fourth-order valence-electron chi connectivity index (χ4n) is 2.09. The van der Waals surface area contributed by atoms with Crippen molar-refractivity contribution in [1.82, 2.24) is 19.6 Å². The number of carbonyl (C=O) groups is 1. The Bertz CT molecular complexity index is 855. The minimum Gasteiger partial charge on any atom is -0.309 e. The van der Waals surface area contributed by atoms with Crippen LogP contribution < -0.4 is 5.32 Å². The van der Waals surface area contributed by atoms with E-state index in [1.165, 1.54) is 15.4 Å². The van der Waals surface area contributed by atoms with Gasteiger partial charge in [-0.3, -0.25) is 14.2 Å². The molecule has 3 rings (SSSR count). The van der Waals surface area contributed by atoms with Crippen LogP contribution in [0, 0.1) is 11.6 Å². The third kappa shape index (κ3) is 3.25. The molecule has 0 unspecified atom stereocenters. The molecule has 8 heteroatoms. The van der Waals surface area contributed by atoms with Crippen LogP contribution in [0.5, 0.6) is 0 Å². The Labute approximate surface area is 130 Å². The van der Waals surface area contributed by atoms with Crippen molar-refractivity contribution in [2.24, 2.45) is 7.05 Å². The maximum atomic E-state index is 13.2. The van der Waals surface area contributed by atoms with Gasteiger partial charge in [0.2, 0.25) is 5.91 Å². The van der Waals surface area contributed by atoms with Crippen molar-refractivity contribution in [2.75, 3.05) is 5.32 Å². The number of halogens is 2. The first-order chi connectivity index (χ1) is 11.0. The highest BCUT2D eigenvalue weighted by atomic mass is 19.2. The van der Waals surface area contributed by atoms with Gasteiger partial charge in [0.25, 0.3) is 0 Å². The molecule has 0 fully saturated rings. The van der Waals surface area contributed by atoms with E-state index in [1.807, 2.05) is 0 Å². The molecule has 1 amide bonds. The van der Waals surface area contributed by atoms with E-state index in [2.05, 4.69) is 15.5 Å². The molecule has 0 aliphatic heterocycles. The maximum absolute atomic E-state index is 13.2. The number of hydrogen-bond acceptors (Lipinski definition) is 3. The number of nitrogens with zero attached hydrogens (tertiary/aromatic N) is 4. The van der Waals surface area contributed by atoms with Gasteiger partial charge in [-0.1, -0.05) is 0 Å². The quantitative estimate of drug-likeness (QED) is 0.802. The van der Waals surface area contributed by atoms with Gasteiger partial charge in [-0.25, -0.2) is 8.78 Å². The molecule has 0 bridgehead atoms. The van der Waals surface area contributed by atoms with Crippen LogP contribution in [0.4, 0.5) is 14.6 Å². The first kappa shape index (κ1) is 14.9. The summed E-state index contributed by atoms with van der Waals surface area (Å²) in [5, 5.41) is 10.8. The fourth-order valence-corrected chi connectivity index (χ4v) is 2.09. The Kier molecular flexibility index (Phi) is 3.88. The summed E-state index contributed by atoms with van der Waals surface area (Å²) < 4.78 is 29.1. The summed E-state index contributed by atoms with van der Waals surface area (Å²) in [5.41, 5.74) is 0.895. The summed E-state index contributed by atoms with van der Waals surface area (Å²) in [6, 6.07) is 6.84. The van der Waals surface area contributed by atoms with Crippen molar-refractivity contribution in [3.8, 4) is 11.3 Å². The first-order valence-corrected chi connectivity index (χ1v) is 6.79. The normalized spacial score (nSPS) is 10.7. The Morgan fingerprint density at radius 2 is 2.04 bits per heavy atom. The minimum atomic E-state index is -0.939. The standard InChI is InChI=1S/C15H13F2N5O/c1-21-14(4-6-18-21)19-15(23)9-22-7-5-13(20-22)10-2-3-11(16)12(17)8-10/h2-8H,9H2,1H3,(H,19,23). The number of amides is 1. The molecule has 0 spiro atoms. The predicted molar refractivity (Wildman–Crippen MR) is 79.4 cm³/mol. The van der Waals surface area contributed by atoms with Gasteiger partial charge in [0.15, 0.2) is 11.6 Å². The number of carbonyl (C=O) groups excluding carboxylic acids is 1. The van der Waals surface area contributed by atoms with Gasteiger partial charge in [-0.05, 0) is 24.3 Å². The molecule has 0 radical (unpaired) electrons. The van der Waals surface area contributed by atoms with Crippen molar-refractivity contribution in [3.05, 3.63) is 54.4 Å². The second-order valence-electron chi connectivity index (χ2n) is 4.92. The Hall–Kier alpha value is -3.03. The molecule has 1 N–H and O–H groups in total. The molecule has 118 valence electrons. The third-order valence-electron chi connectivity index (χ3n) is 3.25. The number of hydrogen-bond donors (Lipinski definition) is 1. The SMILES string of the molecule is Cn1nccc1NC(=O)Cn1ccc(-c2ccc(F)c(F)c2)n1. The van der Waals surface area contributed by atoms with Crippen molar-refractivity contribution in [3.63, 3.8) is 0 Å². The highest BCUT2D eigenvalue weighted by molar-refractivity contribution is 5.89. The van der Waals surface area contributed by atoms with E-state index in [4.69, 9.17) is 0 Å². The summed E-state index contributed by atoms with van der Waals surface area (Å²) in [6.45, 7) is -0.00510. The summed E-state index contributed by atoms with van der Waals surface area (Å²) in [7, 11) is 1.71. The van der Waals surface area contributed by atoms with Gasteiger partial charge < -0.3 is 5.32 Å². The van der Waals surface area contributed by atoms with Crippen molar-refractivity contribution < 1.29 is 13.6 Å². The second-order valence-corrected chi connectivity index (χ2v) is 4.92. The van der Waals surface area contributed by atoms with Crippen LogP contribution in [0.25, 0.3) is 11.3 Å². The maximum Gasteiger partial charge on any atom is 0.247 e. The lowest BCUT2D eigenvalue weighted by Gasteiger charge is -2.05. The molecular formula is C15H13F2N5O. The van der Waals surface area contributed by atoms with Crippen LogP contribution >= 0.6 is 0 Å². The molecule has 0 aliphatic carbocycles. The van der Waals surface area contributed by atoms with E-state index < -0.39 is 11.6 Å². The Morgan fingerprint density at radius 1 is 1.22 bits per heavy atom. The lowest BCUT2D eigenvalue weighted by atomic mass is 10.1. The van der Waals surface area contributed by atoms with Gasteiger partial charge in [-0.2, -0.15) is 10.2 Å². The minimum absolute atomic E-state index is 0.00510. The van der Waals surface area contributed by atoms with Crippen LogP contribution in [-0.4, -0.2) is 25.5 Å². The number of anilines is 1. The van der Waals surface area contributed by atoms with E-state index >= 15 is 0 Å². The largest absolute Gasteiger partial charge is 0.309 e. The predicted octanol–water partition coefficient (Wildman–Crippen LogP) is 2.20. The molecule has 0 saturated carbocycles. The molecule has 0 saturated heterocycles. The van der Waals surface area contributed by atoms with Crippen molar-refractivity contribution >= 4 is 11.7 Å². The number of aryl methyl sites for hydroxylation is 1. The van der Waals surface area contributed by atoms with Gasteiger partial charge in [0.05, 0.1) is 11.9 Å². The van der Waals surface area contributed by atoms with Gasteiger partial charge in [0, 0.05) is 24.9 Å². The Balaban J connectivity index is 1.70. The first-order valence-electron chi connectivity index (χ1n) is 6.79. The molecule has 6 nitrogen and oxygen atoms in total. The number of aromatic nitrogens is 4. The summed E-state index contributed by atoms with van der Waals surface area (Å²) >= 11 is 0. The van der Waals surface area contributed by atoms with Crippen LogP contribution in [0.15, 0.2) is 42.7 Å². The number of nitrogens with one attached hydrogen (secondary N) is 1. The van der Waals surface area contributed by atoms with Gasteiger partial charge in [0.1, 0.15) is 12.4 Å². The topological polar surface area (TPSA) is 64.7 Å². The van der Waals surface area contributed by atoms with Gasteiger partial charge in [-0.15, -0.1) is 0 Å². The fraction of sp³-hybridized carbons (Fsp3) is 0.133. The molecule has 1 aromatic carbocycles. The van der Waals surface area contributed by atoms with E-state index in [1.54, 1.807) is 31.6 Å². The van der Waals surface area contributed by atoms with Crippen LogP contribution in [-0.2, 0) is 18.4 Å². The third-order valence-corrected chi connectivity index (χ3v) is 3.25. The smallest absolute Gasteiger partial charge is 0.247 e. The molecule has 23 heavy (non-hydrogen) atoms. The zero-order valence-electron chi connectivity index (χ0n) is 12.2. The molecule has 0 aliphatic rings. The second kappa shape index (κ2) is 5.99. The summed E-state index contributed by atoms with van der Waals surface area (Å²) in [6.07, 6.45) is 3.17. The lowest BCUT2D eigenvalue weighted by molar-refractivity contribution is -0.116.